The van der Waals surface area contributed by atoms with Gasteiger partial charge >= 0.3 is 0 Å². The van der Waals surface area contributed by atoms with E-state index >= 15 is 0 Å². The highest BCUT2D eigenvalue weighted by Crippen LogP contribution is 2.32. The topological polar surface area (TPSA) is 75.5 Å². The molecule has 1 aromatic rings. The third-order valence-electron chi connectivity index (χ3n) is 3.44. The van der Waals surface area contributed by atoms with Crippen LogP contribution in [0.5, 0.6) is 0 Å². The average molecular weight is 277 g/mol. The molecule has 1 aliphatic heterocycles. The monoisotopic (exact) mass is 277 g/mol. The van der Waals surface area contributed by atoms with Gasteiger partial charge in [-0.25, -0.2) is 0 Å². The average Bonchev–Trinajstić information content (AvgIpc) is 2.66. The largest absolute Gasteiger partial charge is 0.366 e. The molecule has 0 radical (unpaired) electrons. The molecule has 6 nitrogen and oxygen atoms in total. The predicted octanol–water partition coefficient (Wildman–Crippen LogP) is 2.93. The molecule has 1 aliphatic rings. The van der Waals surface area contributed by atoms with Crippen LogP contribution in [-0.2, 0) is 4.79 Å². The molecule has 108 valence electrons. The first-order valence-corrected chi connectivity index (χ1v) is 6.89. The van der Waals surface area contributed by atoms with E-state index < -0.39 is 0 Å². The number of carbonyl (C=O) groups is 1. The van der Waals surface area contributed by atoms with Crippen LogP contribution in [0.25, 0.3) is 0 Å². The number of anilines is 2. The lowest BCUT2D eigenvalue weighted by atomic mass is 10.2. The van der Waals surface area contributed by atoms with Crippen LogP contribution in [0.4, 0.5) is 17.1 Å². The minimum Gasteiger partial charge on any atom is -0.366 e. The van der Waals surface area contributed by atoms with Crippen LogP contribution in [0.3, 0.4) is 0 Å². The third-order valence-corrected chi connectivity index (χ3v) is 3.44. The number of hydrogen-bond acceptors (Lipinski definition) is 4. The van der Waals surface area contributed by atoms with Crippen LogP contribution in [-0.4, -0.2) is 23.9 Å². The van der Waals surface area contributed by atoms with E-state index in [1.54, 1.807) is 12.1 Å². The van der Waals surface area contributed by atoms with Gasteiger partial charge in [-0.15, -0.1) is 0 Å². The number of nitrogens with zero attached hydrogens (tertiary/aromatic N) is 2. The van der Waals surface area contributed by atoms with Crippen molar-refractivity contribution < 1.29 is 9.72 Å². The second kappa shape index (κ2) is 6.36. The lowest BCUT2D eigenvalue weighted by Crippen LogP contribution is -2.25. The fourth-order valence-corrected chi connectivity index (χ4v) is 2.52. The van der Waals surface area contributed by atoms with Gasteiger partial charge in [-0.3, -0.25) is 14.9 Å². The molecule has 0 unspecified atom stereocenters. The molecule has 1 N–H and O–H groups in total. The first-order chi connectivity index (χ1) is 9.58. The number of nitrogens with one attached hydrogen (secondary N) is 1. The van der Waals surface area contributed by atoms with Gasteiger partial charge in [0.1, 0.15) is 5.69 Å². The summed E-state index contributed by atoms with van der Waals surface area (Å²) in [5, 5.41) is 13.9. The summed E-state index contributed by atoms with van der Waals surface area (Å²) in [5.41, 5.74) is 1.30. The number of rotatable bonds is 3. The van der Waals surface area contributed by atoms with Crippen molar-refractivity contribution in [1.82, 2.24) is 0 Å². The number of nitro benzene ring substituents is 1. The maximum Gasteiger partial charge on any atom is 0.292 e. The molecule has 0 atom stereocenters. The van der Waals surface area contributed by atoms with Gasteiger partial charge in [-0.2, -0.15) is 0 Å². The maximum atomic E-state index is 11.2. The minimum atomic E-state index is -0.363. The Morgan fingerprint density at radius 1 is 1.25 bits per heavy atom. The van der Waals surface area contributed by atoms with E-state index in [9.17, 15) is 14.9 Å². The second-order valence-corrected chi connectivity index (χ2v) is 5.04. The molecule has 6 heteroatoms. The standard InChI is InChI=1S/C14H19N3O3/c1-11(18)15-12-6-7-13(17(19)20)14(10-12)16-8-4-2-3-5-9-16/h6-7,10H,2-5,8-9H2,1H3,(H,15,18). The van der Waals surface area contributed by atoms with Crippen LogP contribution in [0.2, 0.25) is 0 Å². The van der Waals surface area contributed by atoms with E-state index in [1.807, 2.05) is 0 Å². The van der Waals surface area contributed by atoms with Crippen LogP contribution in [0.15, 0.2) is 18.2 Å². The third kappa shape index (κ3) is 3.46. The minimum absolute atomic E-state index is 0.0982. The van der Waals surface area contributed by atoms with Crippen molar-refractivity contribution in [2.75, 3.05) is 23.3 Å². The van der Waals surface area contributed by atoms with Crippen molar-refractivity contribution in [2.24, 2.45) is 0 Å². The molecule has 1 aromatic carbocycles. The van der Waals surface area contributed by atoms with E-state index in [2.05, 4.69) is 10.2 Å². The molecule has 0 aromatic heterocycles. The molecule has 20 heavy (non-hydrogen) atoms. The molecule has 1 saturated heterocycles. The SMILES string of the molecule is CC(=O)Nc1ccc([N+](=O)[O-])c(N2CCCCCC2)c1. The van der Waals surface area contributed by atoms with Gasteiger partial charge in [-0.05, 0) is 25.0 Å². The molecule has 2 rings (SSSR count). The van der Waals surface area contributed by atoms with Crippen LogP contribution < -0.4 is 10.2 Å². The first kappa shape index (κ1) is 14.3. The van der Waals surface area contributed by atoms with E-state index in [1.165, 1.54) is 13.0 Å². The summed E-state index contributed by atoms with van der Waals surface area (Å²) < 4.78 is 0. The maximum absolute atomic E-state index is 11.2. The van der Waals surface area contributed by atoms with E-state index in [-0.39, 0.29) is 16.5 Å². The highest BCUT2D eigenvalue weighted by atomic mass is 16.6. The smallest absolute Gasteiger partial charge is 0.292 e. The van der Waals surface area contributed by atoms with Gasteiger partial charge in [0.25, 0.3) is 5.69 Å². The fourth-order valence-electron chi connectivity index (χ4n) is 2.52. The predicted molar refractivity (Wildman–Crippen MR) is 78.1 cm³/mol. The Labute approximate surface area is 117 Å². The highest BCUT2D eigenvalue weighted by Gasteiger charge is 2.21. The normalized spacial score (nSPS) is 15.6. The highest BCUT2D eigenvalue weighted by molar-refractivity contribution is 5.90. The lowest BCUT2D eigenvalue weighted by Gasteiger charge is -2.23. The molecule has 0 bridgehead atoms. The quantitative estimate of drug-likeness (QED) is 0.680. The van der Waals surface area contributed by atoms with Gasteiger partial charge in [0.2, 0.25) is 5.91 Å². The lowest BCUT2D eigenvalue weighted by molar-refractivity contribution is -0.384. The second-order valence-electron chi connectivity index (χ2n) is 5.04. The summed E-state index contributed by atoms with van der Waals surface area (Å²) in [5.74, 6) is -0.180. The van der Waals surface area contributed by atoms with E-state index in [0.29, 0.717) is 11.4 Å². The van der Waals surface area contributed by atoms with Crippen LogP contribution in [0, 0.1) is 10.1 Å². The van der Waals surface area contributed by atoms with Crippen molar-refractivity contribution in [3.8, 4) is 0 Å². The molecule has 1 heterocycles. The molecule has 1 amide bonds. The Bertz CT molecular complexity index is 508. The van der Waals surface area contributed by atoms with E-state index in [0.717, 1.165) is 38.8 Å². The number of hydrogen-bond donors (Lipinski definition) is 1. The first-order valence-electron chi connectivity index (χ1n) is 6.89. The zero-order chi connectivity index (χ0) is 14.5. The van der Waals surface area contributed by atoms with Crippen LogP contribution in [0.1, 0.15) is 32.6 Å². The number of nitro groups is 1. The van der Waals surface area contributed by atoms with Gasteiger partial charge in [0.15, 0.2) is 0 Å². The molecule has 0 saturated carbocycles. The molecule has 0 aliphatic carbocycles. The summed E-state index contributed by atoms with van der Waals surface area (Å²) in [6.45, 7) is 3.07. The molecule has 1 fully saturated rings. The Balaban J connectivity index is 2.34. The van der Waals surface area contributed by atoms with Crippen molar-refractivity contribution in [2.45, 2.75) is 32.6 Å². The zero-order valence-corrected chi connectivity index (χ0v) is 11.6. The summed E-state index contributed by atoms with van der Waals surface area (Å²) in [4.78, 5) is 24.0. The fraction of sp³-hybridized carbons (Fsp3) is 0.500. The van der Waals surface area contributed by atoms with Crippen LogP contribution >= 0.6 is 0 Å². The van der Waals surface area contributed by atoms with E-state index in [4.69, 9.17) is 0 Å². The Morgan fingerprint density at radius 2 is 1.90 bits per heavy atom. The van der Waals surface area contributed by atoms with Crippen molar-refractivity contribution in [3.05, 3.63) is 28.3 Å². The summed E-state index contributed by atoms with van der Waals surface area (Å²) in [6, 6.07) is 4.73. The Kier molecular flexibility index (Phi) is 4.55. The summed E-state index contributed by atoms with van der Waals surface area (Å²) >= 11 is 0. The van der Waals surface area contributed by atoms with Crippen molar-refractivity contribution >= 4 is 23.0 Å². The van der Waals surface area contributed by atoms with Gasteiger partial charge in [-0.1, -0.05) is 12.8 Å². The zero-order valence-electron chi connectivity index (χ0n) is 11.6. The number of amides is 1. The van der Waals surface area contributed by atoms with Crippen molar-refractivity contribution in [3.63, 3.8) is 0 Å². The van der Waals surface area contributed by atoms with Gasteiger partial charge < -0.3 is 10.2 Å². The summed E-state index contributed by atoms with van der Waals surface area (Å²) in [6.07, 6.45) is 4.41. The molecule has 0 spiro atoms. The van der Waals surface area contributed by atoms with Gasteiger partial charge in [0.05, 0.1) is 4.92 Å². The number of carbonyl (C=O) groups excluding carboxylic acids is 1. The molecular weight excluding hydrogens is 258 g/mol. The number of benzene rings is 1. The van der Waals surface area contributed by atoms with Crippen molar-refractivity contribution in [1.29, 1.82) is 0 Å². The van der Waals surface area contributed by atoms with Gasteiger partial charge in [0, 0.05) is 31.8 Å². The summed E-state index contributed by atoms with van der Waals surface area (Å²) in [7, 11) is 0. The molecular formula is C14H19N3O3. The Morgan fingerprint density at radius 3 is 2.45 bits per heavy atom. The Hall–Kier alpha value is -2.11.